The molecular weight excluding hydrogens is 254 g/mol. The molecule has 1 aromatic carbocycles. The number of rotatable bonds is 3. The molecule has 0 atom stereocenters. The molecule has 0 spiro atoms. The van der Waals surface area contributed by atoms with E-state index in [1.165, 1.54) is 7.11 Å². The van der Waals surface area contributed by atoms with E-state index in [0.717, 1.165) is 5.56 Å². The Kier molecular flexibility index (Phi) is 4.84. The molecule has 100 valence electrons. The van der Waals surface area contributed by atoms with Crippen LogP contribution in [0, 0.1) is 0 Å². The van der Waals surface area contributed by atoms with E-state index in [-0.39, 0.29) is 0 Å². The lowest BCUT2D eigenvalue weighted by Crippen LogP contribution is -2.27. The number of alkyl halides is 1. The van der Waals surface area contributed by atoms with Crippen LogP contribution in [0.25, 0.3) is 0 Å². The Hall–Kier alpha value is -1.42. The van der Waals surface area contributed by atoms with E-state index in [4.69, 9.17) is 21.1 Å². The minimum Gasteiger partial charge on any atom is -0.495 e. The van der Waals surface area contributed by atoms with E-state index >= 15 is 0 Å². The Bertz CT molecular complexity index is 427. The molecule has 0 bridgehead atoms. The molecule has 0 aliphatic heterocycles. The van der Waals surface area contributed by atoms with Crippen molar-refractivity contribution in [2.24, 2.45) is 0 Å². The maximum absolute atomic E-state index is 11.6. The summed E-state index contributed by atoms with van der Waals surface area (Å²) in [5, 5.41) is 2.64. The zero-order valence-corrected chi connectivity index (χ0v) is 11.8. The minimum atomic E-state index is -0.534. The summed E-state index contributed by atoms with van der Waals surface area (Å²) in [4.78, 5) is 11.6. The van der Waals surface area contributed by atoms with Crippen LogP contribution in [-0.2, 0) is 10.6 Å². The summed E-state index contributed by atoms with van der Waals surface area (Å²) in [6, 6.07) is 5.34. The summed E-state index contributed by atoms with van der Waals surface area (Å²) in [6.45, 7) is 5.42. The lowest BCUT2D eigenvalue weighted by Gasteiger charge is -2.20. The highest BCUT2D eigenvalue weighted by molar-refractivity contribution is 6.17. The molecule has 18 heavy (non-hydrogen) atoms. The van der Waals surface area contributed by atoms with Gasteiger partial charge in [-0.05, 0) is 38.5 Å². The van der Waals surface area contributed by atoms with Gasteiger partial charge in [-0.25, -0.2) is 4.79 Å². The number of nitrogens with one attached hydrogen (secondary N) is 1. The van der Waals surface area contributed by atoms with Gasteiger partial charge in [0.15, 0.2) is 0 Å². The van der Waals surface area contributed by atoms with Crippen molar-refractivity contribution in [1.82, 2.24) is 0 Å². The first kappa shape index (κ1) is 14.6. The van der Waals surface area contributed by atoms with Gasteiger partial charge in [-0.15, -0.1) is 11.6 Å². The van der Waals surface area contributed by atoms with Crippen LogP contribution in [0.15, 0.2) is 18.2 Å². The highest BCUT2D eigenvalue weighted by atomic mass is 35.5. The van der Waals surface area contributed by atoms with E-state index in [1.807, 2.05) is 6.07 Å². The second-order valence-electron chi connectivity index (χ2n) is 4.80. The molecule has 5 heteroatoms. The molecule has 0 aromatic heterocycles. The number of benzene rings is 1. The third-order valence-electron chi connectivity index (χ3n) is 2.06. The molecule has 0 saturated carbocycles. The van der Waals surface area contributed by atoms with Crippen molar-refractivity contribution in [3.05, 3.63) is 23.8 Å². The summed E-state index contributed by atoms with van der Waals surface area (Å²) in [7, 11) is 1.54. The first-order chi connectivity index (χ1) is 8.35. The van der Waals surface area contributed by atoms with E-state index in [2.05, 4.69) is 5.32 Å². The second-order valence-corrected chi connectivity index (χ2v) is 5.06. The van der Waals surface area contributed by atoms with Crippen molar-refractivity contribution in [1.29, 1.82) is 0 Å². The largest absolute Gasteiger partial charge is 0.495 e. The smallest absolute Gasteiger partial charge is 0.412 e. The summed E-state index contributed by atoms with van der Waals surface area (Å²) >= 11 is 5.73. The number of carbonyl (C=O) groups is 1. The molecule has 4 nitrogen and oxygen atoms in total. The lowest BCUT2D eigenvalue weighted by atomic mass is 10.2. The van der Waals surface area contributed by atoms with Crippen LogP contribution in [0.3, 0.4) is 0 Å². The van der Waals surface area contributed by atoms with Gasteiger partial charge >= 0.3 is 6.09 Å². The monoisotopic (exact) mass is 271 g/mol. The average molecular weight is 272 g/mol. The van der Waals surface area contributed by atoms with Crippen molar-refractivity contribution in [2.75, 3.05) is 12.4 Å². The Morgan fingerprint density at radius 1 is 1.39 bits per heavy atom. The maximum atomic E-state index is 11.6. The predicted octanol–water partition coefficient (Wildman–Crippen LogP) is 3.78. The van der Waals surface area contributed by atoms with E-state index in [9.17, 15) is 4.79 Å². The summed E-state index contributed by atoms with van der Waals surface area (Å²) < 4.78 is 10.4. The molecular formula is C13H18ClNO3. The molecule has 0 fully saturated rings. The summed E-state index contributed by atoms with van der Waals surface area (Å²) in [5.41, 5.74) is 0.941. The molecule has 1 aromatic rings. The van der Waals surface area contributed by atoms with E-state index in [1.54, 1.807) is 32.9 Å². The van der Waals surface area contributed by atoms with Gasteiger partial charge in [-0.1, -0.05) is 6.07 Å². The number of ether oxygens (including phenoxy) is 2. The van der Waals surface area contributed by atoms with Crippen molar-refractivity contribution >= 4 is 23.4 Å². The SMILES string of the molecule is COc1cc(CCl)ccc1NC(=O)OC(C)(C)C. The van der Waals surface area contributed by atoms with Crippen LogP contribution in [0.5, 0.6) is 5.75 Å². The standard InChI is InChI=1S/C13H18ClNO3/c1-13(2,3)18-12(16)15-10-6-5-9(8-14)7-11(10)17-4/h5-7H,8H2,1-4H3,(H,15,16). The third-order valence-corrected chi connectivity index (χ3v) is 2.36. The van der Waals surface area contributed by atoms with Crippen LogP contribution in [0.2, 0.25) is 0 Å². The van der Waals surface area contributed by atoms with Gasteiger partial charge in [0.2, 0.25) is 0 Å². The fraction of sp³-hybridized carbons (Fsp3) is 0.462. The van der Waals surface area contributed by atoms with Crippen LogP contribution in [0.1, 0.15) is 26.3 Å². The number of methoxy groups -OCH3 is 1. The Balaban J connectivity index is 2.81. The van der Waals surface area contributed by atoms with Gasteiger partial charge in [0.1, 0.15) is 11.4 Å². The fourth-order valence-electron chi connectivity index (χ4n) is 1.34. The van der Waals surface area contributed by atoms with Crippen LogP contribution >= 0.6 is 11.6 Å². The first-order valence-electron chi connectivity index (χ1n) is 5.58. The van der Waals surface area contributed by atoms with Gasteiger partial charge in [0.25, 0.3) is 0 Å². The summed E-state index contributed by atoms with van der Waals surface area (Å²) in [6.07, 6.45) is -0.514. The lowest BCUT2D eigenvalue weighted by molar-refractivity contribution is 0.0635. The van der Waals surface area contributed by atoms with Gasteiger partial charge in [0.05, 0.1) is 12.8 Å². The molecule has 0 heterocycles. The number of hydrogen-bond acceptors (Lipinski definition) is 3. The second kappa shape index (κ2) is 5.96. The molecule has 0 saturated heterocycles. The number of carbonyl (C=O) groups excluding carboxylic acids is 1. The topological polar surface area (TPSA) is 47.6 Å². The highest BCUT2D eigenvalue weighted by Crippen LogP contribution is 2.26. The number of hydrogen-bond donors (Lipinski definition) is 1. The Labute approximate surface area is 112 Å². The van der Waals surface area contributed by atoms with Crippen molar-refractivity contribution in [3.8, 4) is 5.75 Å². The molecule has 1 N–H and O–H groups in total. The van der Waals surface area contributed by atoms with E-state index in [0.29, 0.717) is 17.3 Å². The normalized spacial score (nSPS) is 10.9. The zero-order valence-electron chi connectivity index (χ0n) is 11.0. The molecule has 0 aliphatic carbocycles. The molecule has 0 aliphatic rings. The van der Waals surface area contributed by atoms with Crippen molar-refractivity contribution in [2.45, 2.75) is 32.3 Å². The van der Waals surface area contributed by atoms with Gasteiger partial charge in [0, 0.05) is 5.88 Å². The predicted molar refractivity (Wildman–Crippen MR) is 72.4 cm³/mol. The minimum absolute atomic E-state index is 0.392. The highest BCUT2D eigenvalue weighted by Gasteiger charge is 2.17. The van der Waals surface area contributed by atoms with Crippen molar-refractivity contribution in [3.63, 3.8) is 0 Å². The molecule has 0 unspecified atom stereocenters. The Morgan fingerprint density at radius 2 is 2.06 bits per heavy atom. The third kappa shape index (κ3) is 4.45. The van der Waals surface area contributed by atoms with Gasteiger partial charge < -0.3 is 9.47 Å². The van der Waals surface area contributed by atoms with Gasteiger partial charge in [-0.3, -0.25) is 5.32 Å². The first-order valence-corrected chi connectivity index (χ1v) is 6.12. The van der Waals surface area contributed by atoms with Crippen LogP contribution < -0.4 is 10.1 Å². The van der Waals surface area contributed by atoms with E-state index < -0.39 is 11.7 Å². The zero-order chi connectivity index (χ0) is 13.8. The number of halogens is 1. The van der Waals surface area contributed by atoms with Crippen LogP contribution in [0.4, 0.5) is 10.5 Å². The molecule has 1 amide bonds. The maximum Gasteiger partial charge on any atom is 0.412 e. The quantitative estimate of drug-likeness (QED) is 0.851. The number of anilines is 1. The van der Waals surface area contributed by atoms with Crippen LogP contribution in [-0.4, -0.2) is 18.8 Å². The Morgan fingerprint density at radius 3 is 2.56 bits per heavy atom. The van der Waals surface area contributed by atoms with Crippen molar-refractivity contribution < 1.29 is 14.3 Å². The average Bonchev–Trinajstić information content (AvgIpc) is 2.27. The van der Waals surface area contributed by atoms with Gasteiger partial charge in [-0.2, -0.15) is 0 Å². The fourth-order valence-corrected chi connectivity index (χ4v) is 1.50. The summed E-state index contributed by atoms with van der Waals surface area (Å²) in [5.74, 6) is 0.947. The molecule has 0 radical (unpaired) electrons. The molecule has 1 rings (SSSR count). The number of amides is 1.